The molecule has 1 fully saturated rings. The van der Waals surface area contributed by atoms with E-state index in [1.54, 1.807) is 13.3 Å². The highest BCUT2D eigenvalue weighted by Crippen LogP contribution is 2.23. The van der Waals surface area contributed by atoms with Crippen LogP contribution in [0.1, 0.15) is 31.7 Å². The van der Waals surface area contributed by atoms with Gasteiger partial charge in [0.1, 0.15) is 0 Å². The quantitative estimate of drug-likeness (QED) is 0.764. The topological polar surface area (TPSA) is 37.4 Å². The van der Waals surface area contributed by atoms with Crippen LogP contribution in [0.4, 0.5) is 0 Å². The Hall–Kier alpha value is -1.13. The van der Waals surface area contributed by atoms with Crippen molar-refractivity contribution >= 4 is 0 Å². The Kier molecular flexibility index (Phi) is 5.61. The Balaban J connectivity index is 1.93. The highest BCUT2D eigenvalue weighted by molar-refractivity contribution is 5.25. The van der Waals surface area contributed by atoms with E-state index in [0.717, 1.165) is 25.5 Å². The SMILES string of the molecule is CCCNCC1CCCN1Cc1cccnc1OC. The number of pyridine rings is 1. The molecule has 1 saturated heterocycles. The molecule has 2 heterocycles. The van der Waals surface area contributed by atoms with Crippen molar-refractivity contribution in [3.05, 3.63) is 23.9 Å². The average Bonchev–Trinajstić information content (AvgIpc) is 2.87. The Morgan fingerprint density at radius 3 is 3.21 bits per heavy atom. The lowest BCUT2D eigenvalue weighted by Crippen LogP contribution is -2.37. The van der Waals surface area contributed by atoms with Crippen molar-refractivity contribution in [1.29, 1.82) is 0 Å². The smallest absolute Gasteiger partial charge is 0.217 e. The van der Waals surface area contributed by atoms with E-state index in [-0.39, 0.29) is 0 Å². The first-order valence-electron chi connectivity index (χ1n) is 7.27. The number of ether oxygens (including phenoxy) is 1. The fourth-order valence-corrected chi connectivity index (χ4v) is 2.73. The highest BCUT2D eigenvalue weighted by atomic mass is 16.5. The molecule has 0 bridgehead atoms. The van der Waals surface area contributed by atoms with Crippen molar-refractivity contribution in [1.82, 2.24) is 15.2 Å². The molecule has 0 spiro atoms. The first kappa shape index (κ1) is 14.3. The summed E-state index contributed by atoms with van der Waals surface area (Å²) in [5.41, 5.74) is 1.19. The van der Waals surface area contributed by atoms with Crippen molar-refractivity contribution in [3.8, 4) is 5.88 Å². The average molecular weight is 263 g/mol. The lowest BCUT2D eigenvalue weighted by molar-refractivity contribution is 0.235. The second kappa shape index (κ2) is 7.46. The van der Waals surface area contributed by atoms with Gasteiger partial charge in [-0.3, -0.25) is 4.90 Å². The minimum absolute atomic E-state index is 0.650. The van der Waals surface area contributed by atoms with E-state index >= 15 is 0 Å². The number of nitrogens with zero attached hydrogens (tertiary/aromatic N) is 2. The standard InChI is InChI=1S/C15H25N3O/c1-3-8-16-11-14-7-5-10-18(14)12-13-6-4-9-17-15(13)19-2/h4,6,9,14,16H,3,5,7-8,10-12H2,1-2H3. The lowest BCUT2D eigenvalue weighted by atomic mass is 10.2. The zero-order chi connectivity index (χ0) is 13.5. The molecule has 1 aromatic rings. The molecule has 4 heteroatoms. The molecule has 1 aliphatic rings. The van der Waals surface area contributed by atoms with Crippen molar-refractivity contribution < 1.29 is 4.74 Å². The number of likely N-dealkylation sites (tertiary alicyclic amines) is 1. The lowest BCUT2D eigenvalue weighted by Gasteiger charge is -2.25. The summed E-state index contributed by atoms with van der Waals surface area (Å²) in [5.74, 6) is 0.759. The summed E-state index contributed by atoms with van der Waals surface area (Å²) < 4.78 is 5.34. The number of nitrogens with one attached hydrogen (secondary N) is 1. The molecule has 0 aromatic carbocycles. The summed E-state index contributed by atoms with van der Waals surface area (Å²) in [6.45, 7) is 6.53. The van der Waals surface area contributed by atoms with Crippen LogP contribution >= 0.6 is 0 Å². The summed E-state index contributed by atoms with van der Waals surface area (Å²) in [6, 6.07) is 4.75. The highest BCUT2D eigenvalue weighted by Gasteiger charge is 2.24. The maximum Gasteiger partial charge on any atom is 0.217 e. The Labute approximate surface area is 116 Å². The molecule has 19 heavy (non-hydrogen) atoms. The van der Waals surface area contributed by atoms with Gasteiger partial charge in [-0.05, 0) is 38.4 Å². The molecular weight excluding hydrogens is 238 g/mol. The van der Waals surface area contributed by atoms with E-state index in [9.17, 15) is 0 Å². The number of methoxy groups -OCH3 is 1. The van der Waals surface area contributed by atoms with Gasteiger partial charge in [0, 0.05) is 30.9 Å². The molecule has 1 N–H and O–H groups in total. The summed E-state index contributed by atoms with van der Waals surface area (Å²) >= 11 is 0. The summed E-state index contributed by atoms with van der Waals surface area (Å²) in [4.78, 5) is 6.82. The van der Waals surface area contributed by atoms with E-state index < -0.39 is 0 Å². The Morgan fingerprint density at radius 1 is 1.53 bits per heavy atom. The molecule has 2 rings (SSSR count). The molecule has 0 amide bonds. The largest absolute Gasteiger partial charge is 0.481 e. The van der Waals surface area contributed by atoms with Crippen LogP contribution in [0.25, 0.3) is 0 Å². The van der Waals surface area contributed by atoms with Crippen LogP contribution in [-0.4, -0.2) is 42.7 Å². The van der Waals surface area contributed by atoms with Crippen LogP contribution in [0.3, 0.4) is 0 Å². The zero-order valence-electron chi connectivity index (χ0n) is 12.1. The summed E-state index contributed by atoms with van der Waals surface area (Å²) in [7, 11) is 1.69. The van der Waals surface area contributed by atoms with Gasteiger partial charge in [-0.1, -0.05) is 13.0 Å². The van der Waals surface area contributed by atoms with E-state index in [4.69, 9.17) is 4.74 Å². The fourth-order valence-electron chi connectivity index (χ4n) is 2.73. The molecule has 1 aliphatic heterocycles. The molecule has 1 aromatic heterocycles. The fraction of sp³-hybridized carbons (Fsp3) is 0.667. The second-order valence-electron chi connectivity index (χ2n) is 5.14. The van der Waals surface area contributed by atoms with Crippen molar-refractivity contribution in [2.45, 2.75) is 38.8 Å². The van der Waals surface area contributed by atoms with E-state index in [1.807, 2.05) is 6.07 Å². The second-order valence-corrected chi connectivity index (χ2v) is 5.14. The zero-order valence-corrected chi connectivity index (χ0v) is 12.1. The van der Waals surface area contributed by atoms with Crippen LogP contribution < -0.4 is 10.1 Å². The van der Waals surface area contributed by atoms with E-state index in [2.05, 4.69) is 28.2 Å². The first-order valence-corrected chi connectivity index (χ1v) is 7.27. The minimum atomic E-state index is 0.650. The number of hydrogen-bond acceptors (Lipinski definition) is 4. The number of hydrogen-bond donors (Lipinski definition) is 1. The van der Waals surface area contributed by atoms with Crippen molar-refractivity contribution in [3.63, 3.8) is 0 Å². The molecule has 1 unspecified atom stereocenters. The molecular formula is C15H25N3O. The molecule has 1 atom stereocenters. The van der Waals surface area contributed by atoms with Gasteiger partial charge in [0.2, 0.25) is 5.88 Å². The van der Waals surface area contributed by atoms with Crippen molar-refractivity contribution in [2.24, 2.45) is 0 Å². The van der Waals surface area contributed by atoms with Gasteiger partial charge in [0.15, 0.2) is 0 Å². The molecule has 0 saturated carbocycles. The predicted molar refractivity (Wildman–Crippen MR) is 77.4 cm³/mol. The minimum Gasteiger partial charge on any atom is -0.481 e. The maximum atomic E-state index is 5.34. The number of rotatable bonds is 7. The van der Waals surface area contributed by atoms with Crippen LogP contribution in [0.2, 0.25) is 0 Å². The van der Waals surface area contributed by atoms with Gasteiger partial charge in [0.25, 0.3) is 0 Å². The van der Waals surface area contributed by atoms with Gasteiger partial charge < -0.3 is 10.1 Å². The predicted octanol–water partition coefficient (Wildman–Crippen LogP) is 2.05. The normalized spacial score (nSPS) is 19.8. The van der Waals surface area contributed by atoms with Gasteiger partial charge in [-0.15, -0.1) is 0 Å². The first-order chi connectivity index (χ1) is 9.35. The van der Waals surface area contributed by atoms with Gasteiger partial charge >= 0.3 is 0 Å². The third kappa shape index (κ3) is 3.91. The Morgan fingerprint density at radius 2 is 2.42 bits per heavy atom. The molecule has 0 aliphatic carbocycles. The monoisotopic (exact) mass is 263 g/mol. The van der Waals surface area contributed by atoms with Crippen LogP contribution in [0, 0.1) is 0 Å². The number of aromatic nitrogens is 1. The van der Waals surface area contributed by atoms with E-state index in [0.29, 0.717) is 6.04 Å². The van der Waals surface area contributed by atoms with Gasteiger partial charge in [-0.2, -0.15) is 0 Å². The molecule has 0 radical (unpaired) electrons. The molecule has 4 nitrogen and oxygen atoms in total. The van der Waals surface area contributed by atoms with Gasteiger partial charge in [-0.25, -0.2) is 4.98 Å². The van der Waals surface area contributed by atoms with Crippen LogP contribution in [-0.2, 0) is 6.54 Å². The van der Waals surface area contributed by atoms with E-state index in [1.165, 1.54) is 31.4 Å². The summed E-state index contributed by atoms with van der Waals surface area (Å²) in [5, 5.41) is 3.53. The Bertz CT molecular complexity index is 383. The van der Waals surface area contributed by atoms with Gasteiger partial charge in [0.05, 0.1) is 7.11 Å². The maximum absolute atomic E-state index is 5.34. The van der Waals surface area contributed by atoms with Crippen LogP contribution in [0.5, 0.6) is 5.88 Å². The third-order valence-corrected chi connectivity index (χ3v) is 3.72. The molecule has 106 valence electrons. The van der Waals surface area contributed by atoms with Crippen molar-refractivity contribution in [2.75, 3.05) is 26.7 Å². The van der Waals surface area contributed by atoms with Crippen LogP contribution in [0.15, 0.2) is 18.3 Å². The summed E-state index contributed by atoms with van der Waals surface area (Å²) in [6.07, 6.45) is 5.57. The third-order valence-electron chi connectivity index (χ3n) is 3.72.